The van der Waals surface area contributed by atoms with Crippen molar-refractivity contribution in [1.29, 1.82) is 0 Å². The fourth-order valence-electron chi connectivity index (χ4n) is 6.47. The Bertz CT molecular complexity index is 1680. The summed E-state index contributed by atoms with van der Waals surface area (Å²) < 4.78 is 13.3. The molecule has 218 valence electrons. The van der Waals surface area contributed by atoms with E-state index in [1.54, 1.807) is 39.2 Å². The van der Waals surface area contributed by atoms with Crippen LogP contribution < -0.4 is 10.6 Å². The van der Waals surface area contributed by atoms with Gasteiger partial charge in [-0.25, -0.2) is 4.39 Å². The zero-order chi connectivity index (χ0) is 30.8. The summed E-state index contributed by atoms with van der Waals surface area (Å²) in [5.41, 5.74) is 3.06. The molecule has 0 spiro atoms. The zero-order valence-corrected chi connectivity index (χ0v) is 23.4. The van der Waals surface area contributed by atoms with Gasteiger partial charge in [0.15, 0.2) is 11.4 Å². The number of aromatic hydroxyl groups is 1. The van der Waals surface area contributed by atoms with Gasteiger partial charge in [-0.05, 0) is 68.8 Å². The minimum atomic E-state index is -2.72. The second kappa shape index (κ2) is 10.0. The van der Waals surface area contributed by atoms with Crippen molar-refractivity contribution < 1.29 is 39.2 Å². The maximum Gasteiger partial charge on any atom is 0.255 e. The number of Topliss-reactive ketones (excluding diaryl/α,β-unsaturated/α-hetero) is 2. The summed E-state index contributed by atoms with van der Waals surface area (Å²) in [6, 6.07) is 5.99. The minimum Gasteiger partial charge on any atom is -0.510 e. The predicted molar refractivity (Wildman–Crippen MR) is 150 cm³/mol. The van der Waals surface area contributed by atoms with Gasteiger partial charge in [-0.2, -0.15) is 0 Å². The molecular weight excluding hydrogens is 545 g/mol. The number of rotatable bonds is 3. The number of phenols is 1. The van der Waals surface area contributed by atoms with E-state index in [0.717, 1.165) is 0 Å². The number of amides is 1. The van der Waals surface area contributed by atoms with Crippen LogP contribution in [0.3, 0.4) is 0 Å². The van der Waals surface area contributed by atoms with Gasteiger partial charge in [-0.1, -0.05) is 11.8 Å². The third-order valence-corrected chi connectivity index (χ3v) is 8.37. The van der Waals surface area contributed by atoms with Crippen molar-refractivity contribution >= 4 is 23.2 Å². The van der Waals surface area contributed by atoms with E-state index in [9.17, 15) is 39.2 Å². The molecule has 0 bridgehead atoms. The Labute approximate surface area is 241 Å². The molecule has 5 rings (SSSR count). The average Bonchev–Trinajstić information content (AvgIpc) is 2.90. The summed E-state index contributed by atoms with van der Waals surface area (Å²) in [6.07, 6.45) is 0.146. The monoisotopic (exact) mass is 575 g/mol. The standard InChI is InChI=1S/C31H30FN3O7/c1-34(2)20-13-15(8-5-14-6-9-17(32)10-7-14)25(36)22-18(20)11-16-12-19-24(35(3)4)27(38)23(30(33)41)29(40)31(19,42)28(39)21(16)26(22)37/h6-7,9-10,13,16,19,24,36,38-39,42H,11-12H2,1-4H3,(H2,33,41)/t16-,19-,24-,31-/m1/s1. The van der Waals surface area contributed by atoms with Gasteiger partial charge in [0.2, 0.25) is 5.78 Å². The van der Waals surface area contributed by atoms with E-state index < -0.39 is 69.6 Å². The molecular formula is C31H30FN3O7. The Hall–Kier alpha value is -4.66. The van der Waals surface area contributed by atoms with Crippen LogP contribution in [0.1, 0.15) is 33.5 Å². The van der Waals surface area contributed by atoms with Crippen LogP contribution >= 0.6 is 0 Å². The number of aliphatic hydroxyl groups is 3. The molecule has 6 N–H and O–H groups in total. The molecule has 3 aliphatic carbocycles. The molecule has 11 heteroatoms. The number of fused-ring (bicyclic) bond motifs is 3. The van der Waals surface area contributed by atoms with Crippen LogP contribution in [0.4, 0.5) is 10.1 Å². The van der Waals surface area contributed by atoms with Gasteiger partial charge in [0, 0.05) is 36.8 Å². The first-order valence-electron chi connectivity index (χ1n) is 13.2. The molecule has 2 aromatic carbocycles. The zero-order valence-electron chi connectivity index (χ0n) is 23.4. The topological polar surface area (TPSA) is 165 Å². The van der Waals surface area contributed by atoms with Crippen molar-refractivity contribution in [2.75, 3.05) is 33.1 Å². The number of primary amides is 1. The molecule has 42 heavy (non-hydrogen) atoms. The normalized spacial score (nSPS) is 25.0. The van der Waals surface area contributed by atoms with E-state index in [-0.39, 0.29) is 29.5 Å². The molecule has 3 aliphatic rings. The van der Waals surface area contributed by atoms with Gasteiger partial charge in [0.1, 0.15) is 28.7 Å². The molecule has 10 nitrogen and oxygen atoms in total. The maximum absolute atomic E-state index is 14.1. The van der Waals surface area contributed by atoms with E-state index >= 15 is 0 Å². The molecule has 0 radical (unpaired) electrons. The van der Waals surface area contributed by atoms with E-state index in [1.165, 1.54) is 29.2 Å². The van der Waals surface area contributed by atoms with Crippen LogP contribution in [0.2, 0.25) is 0 Å². The number of carbonyl (C=O) groups excluding carboxylic acids is 3. The van der Waals surface area contributed by atoms with Crippen LogP contribution in [-0.4, -0.2) is 82.6 Å². The van der Waals surface area contributed by atoms with Gasteiger partial charge < -0.3 is 31.1 Å². The summed E-state index contributed by atoms with van der Waals surface area (Å²) in [7, 11) is 6.66. The van der Waals surface area contributed by atoms with Gasteiger partial charge in [-0.15, -0.1) is 0 Å². The smallest absolute Gasteiger partial charge is 0.255 e. The number of halogens is 1. The highest BCUT2D eigenvalue weighted by Gasteiger charge is 2.63. The number of ketones is 2. The van der Waals surface area contributed by atoms with E-state index in [0.29, 0.717) is 16.8 Å². The first-order chi connectivity index (χ1) is 19.7. The number of phenolic OH excluding ortho intramolecular Hbond substituents is 1. The number of nitrogens with zero attached hydrogens (tertiary/aromatic N) is 2. The molecule has 0 fully saturated rings. The Morgan fingerprint density at radius 3 is 2.29 bits per heavy atom. The lowest BCUT2D eigenvalue weighted by molar-refractivity contribution is -0.148. The Balaban J connectivity index is 1.70. The van der Waals surface area contributed by atoms with E-state index in [4.69, 9.17) is 5.73 Å². The summed E-state index contributed by atoms with van der Waals surface area (Å²) in [5, 5.41) is 45.4. The first kappa shape index (κ1) is 28.9. The van der Waals surface area contributed by atoms with Crippen molar-refractivity contribution in [2.24, 2.45) is 17.6 Å². The molecule has 0 saturated carbocycles. The molecule has 0 aliphatic heterocycles. The fourth-order valence-corrected chi connectivity index (χ4v) is 6.47. The van der Waals surface area contributed by atoms with Crippen LogP contribution in [0.15, 0.2) is 53.0 Å². The summed E-state index contributed by atoms with van der Waals surface area (Å²) in [5.74, 6) is -1.95. The van der Waals surface area contributed by atoms with Crippen molar-refractivity contribution in [3.8, 4) is 17.6 Å². The Kier molecular flexibility index (Phi) is 6.88. The first-order valence-corrected chi connectivity index (χ1v) is 13.2. The fraction of sp³-hybridized carbons (Fsp3) is 0.323. The number of likely N-dealkylation sites (N-methyl/N-ethyl adjacent to an activating group) is 1. The van der Waals surface area contributed by atoms with Crippen molar-refractivity contribution in [1.82, 2.24) is 4.90 Å². The number of benzene rings is 2. The third kappa shape index (κ3) is 4.14. The molecule has 0 unspecified atom stereocenters. The quantitative estimate of drug-likeness (QED) is 0.271. The second-order valence-electron chi connectivity index (χ2n) is 11.3. The number of hydrogen-bond donors (Lipinski definition) is 5. The maximum atomic E-state index is 14.1. The van der Waals surface area contributed by atoms with Crippen LogP contribution in [-0.2, 0) is 16.0 Å². The molecule has 2 aromatic rings. The summed E-state index contributed by atoms with van der Waals surface area (Å²) >= 11 is 0. The molecule has 1 amide bonds. The number of nitrogens with two attached hydrogens (primary N) is 1. The average molecular weight is 576 g/mol. The Morgan fingerprint density at radius 1 is 1.07 bits per heavy atom. The van der Waals surface area contributed by atoms with Crippen LogP contribution in [0, 0.1) is 29.5 Å². The number of anilines is 1. The third-order valence-electron chi connectivity index (χ3n) is 8.37. The minimum absolute atomic E-state index is 0.00842. The number of carbonyl (C=O) groups is 3. The van der Waals surface area contributed by atoms with E-state index in [2.05, 4.69) is 11.8 Å². The summed E-state index contributed by atoms with van der Waals surface area (Å²) in [6.45, 7) is 0. The van der Waals surface area contributed by atoms with Crippen LogP contribution in [0.25, 0.3) is 0 Å². The molecule has 0 saturated heterocycles. The molecule has 0 heterocycles. The number of hydrogen-bond acceptors (Lipinski definition) is 9. The number of allylic oxidation sites excluding steroid dienone is 1. The number of aliphatic hydroxyl groups excluding tert-OH is 2. The largest absolute Gasteiger partial charge is 0.510 e. The highest BCUT2D eigenvalue weighted by molar-refractivity contribution is 6.25. The van der Waals surface area contributed by atoms with Gasteiger partial charge in [0.05, 0.1) is 17.2 Å². The Morgan fingerprint density at radius 2 is 1.71 bits per heavy atom. The summed E-state index contributed by atoms with van der Waals surface area (Å²) in [4.78, 5) is 42.9. The van der Waals surface area contributed by atoms with Crippen molar-refractivity contribution in [3.63, 3.8) is 0 Å². The highest BCUT2D eigenvalue weighted by atomic mass is 19.1. The van der Waals surface area contributed by atoms with Crippen molar-refractivity contribution in [3.05, 3.63) is 81.1 Å². The lowest BCUT2D eigenvalue weighted by atomic mass is 9.58. The second-order valence-corrected chi connectivity index (χ2v) is 11.3. The van der Waals surface area contributed by atoms with Gasteiger partial charge in [-0.3, -0.25) is 19.3 Å². The molecule has 0 aromatic heterocycles. The lowest BCUT2D eigenvalue weighted by Gasteiger charge is -2.50. The van der Waals surface area contributed by atoms with Gasteiger partial charge >= 0.3 is 0 Å². The van der Waals surface area contributed by atoms with E-state index in [1.807, 2.05) is 0 Å². The molecule has 4 atom stereocenters. The van der Waals surface area contributed by atoms with Crippen molar-refractivity contribution in [2.45, 2.75) is 24.5 Å². The lowest BCUT2D eigenvalue weighted by Crippen LogP contribution is -2.63. The van der Waals surface area contributed by atoms with Gasteiger partial charge in [0.25, 0.3) is 5.91 Å². The van der Waals surface area contributed by atoms with Crippen LogP contribution in [0.5, 0.6) is 5.75 Å². The SMILES string of the molecule is CN(C)c1cc(C#Cc2ccc(F)cc2)c(O)c2c1C[C@@H]1C[C@@H]3[C@@H](N(C)C)C(O)=C(C(N)=O)C(=O)[C@]3(O)C(O)=C1C2=O. The predicted octanol–water partition coefficient (Wildman–Crippen LogP) is 1.73. The highest BCUT2D eigenvalue weighted by Crippen LogP contribution is 2.53.